The largest absolute Gasteiger partial charge is 0.465 e. The average Bonchev–Trinajstić information content (AvgIpc) is 2.42. The molecule has 0 atom stereocenters. The number of rotatable bonds is 3. The second-order valence-corrected chi connectivity index (χ2v) is 5.48. The minimum Gasteiger partial charge on any atom is -0.465 e. The molecule has 0 amide bonds. The maximum absolute atomic E-state index is 11.6. The number of carbonyl (C=O) groups is 1. The molecule has 4 heteroatoms. The Hall–Kier alpha value is -1.71. The van der Waals surface area contributed by atoms with Gasteiger partial charge in [0.05, 0.1) is 12.7 Å². The summed E-state index contributed by atoms with van der Waals surface area (Å²) in [6.07, 6.45) is 8.95. The van der Waals surface area contributed by atoms with Crippen LogP contribution in [0.3, 0.4) is 0 Å². The quantitative estimate of drug-likeness (QED) is 0.654. The van der Waals surface area contributed by atoms with E-state index in [1.165, 1.54) is 52.1 Å². The zero-order valence-electron chi connectivity index (χ0n) is 12.2. The highest BCUT2D eigenvalue weighted by Gasteiger charge is 2.14. The number of benzene rings is 1. The van der Waals surface area contributed by atoms with Crippen molar-refractivity contribution in [3.63, 3.8) is 0 Å². The smallest absolute Gasteiger partial charge is 0.340 e. The van der Waals surface area contributed by atoms with Gasteiger partial charge in [-0.1, -0.05) is 32.1 Å². The van der Waals surface area contributed by atoms with E-state index in [0.29, 0.717) is 17.3 Å². The number of hydrogen-bond donors (Lipinski definition) is 2. The van der Waals surface area contributed by atoms with Crippen LogP contribution in [0, 0.1) is 0 Å². The third-order valence-electron chi connectivity index (χ3n) is 3.93. The summed E-state index contributed by atoms with van der Waals surface area (Å²) in [5, 5.41) is 3.53. The van der Waals surface area contributed by atoms with Gasteiger partial charge in [-0.2, -0.15) is 0 Å². The Morgan fingerprint density at radius 2 is 1.85 bits per heavy atom. The first-order valence-electron chi connectivity index (χ1n) is 7.45. The van der Waals surface area contributed by atoms with Gasteiger partial charge in [-0.15, -0.1) is 0 Å². The minimum atomic E-state index is -0.385. The van der Waals surface area contributed by atoms with Gasteiger partial charge < -0.3 is 15.8 Å². The van der Waals surface area contributed by atoms with E-state index in [-0.39, 0.29) is 5.97 Å². The molecule has 110 valence electrons. The molecule has 0 bridgehead atoms. The monoisotopic (exact) mass is 276 g/mol. The van der Waals surface area contributed by atoms with E-state index >= 15 is 0 Å². The summed E-state index contributed by atoms with van der Waals surface area (Å²) in [5.74, 6) is -0.385. The Balaban J connectivity index is 2.06. The van der Waals surface area contributed by atoms with Crippen LogP contribution >= 0.6 is 0 Å². The van der Waals surface area contributed by atoms with Crippen molar-refractivity contribution >= 4 is 17.3 Å². The van der Waals surface area contributed by atoms with E-state index in [9.17, 15) is 4.79 Å². The van der Waals surface area contributed by atoms with Crippen molar-refractivity contribution in [3.8, 4) is 0 Å². The molecule has 0 aromatic heterocycles. The zero-order chi connectivity index (χ0) is 14.4. The molecule has 1 aromatic carbocycles. The van der Waals surface area contributed by atoms with Gasteiger partial charge in [0, 0.05) is 17.4 Å². The molecule has 1 aromatic rings. The van der Waals surface area contributed by atoms with E-state index in [0.717, 1.165) is 5.69 Å². The molecule has 1 aliphatic carbocycles. The van der Waals surface area contributed by atoms with Crippen LogP contribution in [0.5, 0.6) is 0 Å². The summed E-state index contributed by atoms with van der Waals surface area (Å²) in [7, 11) is 1.37. The lowest BCUT2D eigenvalue weighted by molar-refractivity contribution is 0.0602. The van der Waals surface area contributed by atoms with Crippen molar-refractivity contribution in [1.82, 2.24) is 0 Å². The van der Waals surface area contributed by atoms with Crippen LogP contribution in [0.15, 0.2) is 18.2 Å². The number of hydrogen-bond acceptors (Lipinski definition) is 4. The van der Waals surface area contributed by atoms with E-state index in [1.807, 2.05) is 6.07 Å². The normalized spacial score (nSPS) is 17.1. The third-order valence-corrected chi connectivity index (χ3v) is 3.93. The molecule has 0 spiro atoms. The van der Waals surface area contributed by atoms with Crippen molar-refractivity contribution in [1.29, 1.82) is 0 Å². The summed E-state index contributed by atoms with van der Waals surface area (Å²) >= 11 is 0. The first-order chi connectivity index (χ1) is 9.70. The second-order valence-electron chi connectivity index (χ2n) is 5.48. The predicted octanol–water partition coefficient (Wildman–Crippen LogP) is 3.58. The Kier molecular flexibility index (Phi) is 5.27. The van der Waals surface area contributed by atoms with Crippen LogP contribution in [0.2, 0.25) is 0 Å². The summed E-state index contributed by atoms with van der Waals surface area (Å²) in [4.78, 5) is 11.6. The highest BCUT2D eigenvalue weighted by Crippen LogP contribution is 2.23. The van der Waals surface area contributed by atoms with Gasteiger partial charge in [-0.3, -0.25) is 0 Å². The predicted molar refractivity (Wildman–Crippen MR) is 81.9 cm³/mol. The van der Waals surface area contributed by atoms with E-state index in [2.05, 4.69) is 5.32 Å². The van der Waals surface area contributed by atoms with Crippen LogP contribution < -0.4 is 11.1 Å². The number of nitrogens with two attached hydrogens (primary N) is 1. The van der Waals surface area contributed by atoms with Crippen molar-refractivity contribution < 1.29 is 9.53 Å². The van der Waals surface area contributed by atoms with Gasteiger partial charge in [-0.25, -0.2) is 4.79 Å². The van der Waals surface area contributed by atoms with Gasteiger partial charge in [-0.05, 0) is 31.0 Å². The fraction of sp³-hybridized carbons (Fsp3) is 0.562. The standard InChI is InChI=1S/C16H24N2O2/c1-20-16(19)14-11-13(9-10-15(14)17)18-12-7-5-3-2-4-6-8-12/h9-12,18H,2-8,17H2,1H3. The molecule has 1 fully saturated rings. The maximum atomic E-state index is 11.6. The molecule has 2 rings (SSSR count). The molecule has 4 nitrogen and oxygen atoms in total. The highest BCUT2D eigenvalue weighted by molar-refractivity contribution is 5.96. The fourth-order valence-corrected chi connectivity index (χ4v) is 2.77. The molecule has 1 aliphatic rings. The number of ether oxygens (including phenoxy) is 1. The fourth-order valence-electron chi connectivity index (χ4n) is 2.77. The molecule has 0 radical (unpaired) electrons. The Morgan fingerprint density at radius 3 is 2.50 bits per heavy atom. The van der Waals surface area contributed by atoms with Crippen molar-refractivity contribution in [2.75, 3.05) is 18.2 Å². The third kappa shape index (κ3) is 3.89. The second kappa shape index (κ2) is 7.17. The topological polar surface area (TPSA) is 64.3 Å². The highest BCUT2D eigenvalue weighted by atomic mass is 16.5. The van der Waals surface area contributed by atoms with Gasteiger partial charge in [0.1, 0.15) is 0 Å². The molecule has 1 saturated carbocycles. The van der Waals surface area contributed by atoms with Crippen molar-refractivity contribution in [3.05, 3.63) is 23.8 Å². The van der Waals surface area contributed by atoms with Crippen LogP contribution in [0.4, 0.5) is 11.4 Å². The van der Waals surface area contributed by atoms with Crippen LogP contribution in [-0.2, 0) is 4.74 Å². The molecular weight excluding hydrogens is 252 g/mol. The molecule has 3 N–H and O–H groups in total. The maximum Gasteiger partial charge on any atom is 0.340 e. The number of carbonyl (C=O) groups excluding carboxylic acids is 1. The minimum absolute atomic E-state index is 0.385. The molecule has 0 heterocycles. The van der Waals surface area contributed by atoms with E-state index in [1.54, 1.807) is 12.1 Å². The molecule has 0 aliphatic heterocycles. The van der Waals surface area contributed by atoms with E-state index in [4.69, 9.17) is 10.5 Å². The first kappa shape index (κ1) is 14.7. The number of nitrogens with one attached hydrogen (secondary N) is 1. The van der Waals surface area contributed by atoms with Crippen LogP contribution in [0.25, 0.3) is 0 Å². The Morgan fingerprint density at radius 1 is 1.20 bits per heavy atom. The summed E-state index contributed by atoms with van der Waals surface area (Å²) in [5.41, 5.74) is 7.66. The Labute approximate surface area is 120 Å². The lowest BCUT2D eigenvalue weighted by Crippen LogP contribution is -2.21. The van der Waals surface area contributed by atoms with Gasteiger partial charge in [0.25, 0.3) is 0 Å². The molecule has 20 heavy (non-hydrogen) atoms. The number of esters is 1. The number of methoxy groups -OCH3 is 1. The lowest BCUT2D eigenvalue weighted by Gasteiger charge is -2.22. The van der Waals surface area contributed by atoms with Crippen LogP contribution in [0.1, 0.15) is 55.3 Å². The van der Waals surface area contributed by atoms with Gasteiger partial charge >= 0.3 is 5.97 Å². The summed E-state index contributed by atoms with van der Waals surface area (Å²) in [6.45, 7) is 0. The van der Waals surface area contributed by atoms with Crippen molar-refractivity contribution in [2.45, 2.75) is 51.0 Å². The molecule has 0 unspecified atom stereocenters. The van der Waals surface area contributed by atoms with Gasteiger partial charge in [0.15, 0.2) is 0 Å². The van der Waals surface area contributed by atoms with Crippen LogP contribution in [-0.4, -0.2) is 19.1 Å². The lowest BCUT2D eigenvalue weighted by atomic mass is 9.96. The Bertz CT molecular complexity index is 452. The summed E-state index contributed by atoms with van der Waals surface area (Å²) in [6, 6.07) is 5.97. The average molecular weight is 276 g/mol. The number of nitrogen functional groups attached to an aromatic ring is 1. The van der Waals surface area contributed by atoms with E-state index < -0.39 is 0 Å². The SMILES string of the molecule is COC(=O)c1cc(NC2CCCCCCC2)ccc1N. The number of anilines is 2. The molecular formula is C16H24N2O2. The first-order valence-corrected chi connectivity index (χ1v) is 7.45. The summed E-state index contributed by atoms with van der Waals surface area (Å²) < 4.78 is 4.75. The van der Waals surface area contributed by atoms with Gasteiger partial charge in [0.2, 0.25) is 0 Å². The molecule has 0 saturated heterocycles. The zero-order valence-corrected chi connectivity index (χ0v) is 12.2. The van der Waals surface area contributed by atoms with Crippen molar-refractivity contribution in [2.24, 2.45) is 0 Å².